The summed E-state index contributed by atoms with van der Waals surface area (Å²) in [5, 5.41) is 7.52. The second-order valence-electron chi connectivity index (χ2n) is 8.58. The maximum Gasteiger partial charge on any atom is 0.263 e. The highest BCUT2D eigenvalue weighted by molar-refractivity contribution is 9.10. The summed E-state index contributed by atoms with van der Waals surface area (Å²) < 4.78 is 30.1. The number of rotatable bonds is 8. The van der Waals surface area contributed by atoms with Crippen molar-refractivity contribution in [2.75, 3.05) is 0 Å². The van der Waals surface area contributed by atoms with Gasteiger partial charge in [-0.15, -0.1) is 0 Å². The van der Waals surface area contributed by atoms with Crippen molar-refractivity contribution >= 4 is 37.8 Å². The molecule has 9 heteroatoms. The Kier molecular flexibility index (Phi) is 7.81. The van der Waals surface area contributed by atoms with Crippen molar-refractivity contribution in [1.29, 1.82) is 0 Å². The Hall–Kier alpha value is -4.34. The van der Waals surface area contributed by atoms with Gasteiger partial charge in [0.2, 0.25) is 9.84 Å². The second-order valence-corrected chi connectivity index (χ2v) is 11.4. The molecule has 1 amide bonds. The monoisotopic (exact) mass is 598 g/mol. The van der Waals surface area contributed by atoms with Crippen molar-refractivity contribution in [3.8, 4) is 16.9 Å². The van der Waals surface area contributed by atoms with E-state index in [2.05, 4.69) is 26.2 Å². The van der Waals surface area contributed by atoms with E-state index >= 15 is 0 Å². The quantitative estimate of drug-likeness (QED) is 0.227. The zero-order valence-corrected chi connectivity index (χ0v) is 23.0. The van der Waals surface area contributed by atoms with Crippen molar-refractivity contribution in [1.82, 2.24) is 20.1 Å². The van der Waals surface area contributed by atoms with E-state index in [1.54, 1.807) is 53.6 Å². The average molecular weight is 600 g/mol. The topological polar surface area (TPSA) is 93.9 Å². The van der Waals surface area contributed by atoms with Crippen LogP contribution in [0.25, 0.3) is 23.0 Å². The molecule has 2 aromatic heterocycles. The number of pyridine rings is 1. The maximum absolute atomic E-state index is 13.8. The Morgan fingerprint density at radius 1 is 0.872 bits per heavy atom. The number of halogens is 1. The molecule has 0 fully saturated rings. The van der Waals surface area contributed by atoms with E-state index in [0.29, 0.717) is 11.3 Å². The number of hydrogen-bond acceptors (Lipinski definition) is 5. The molecule has 2 heterocycles. The molecule has 7 nitrogen and oxygen atoms in total. The van der Waals surface area contributed by atoms with Gasteiger partial charge in [0.15, 0.2) is 0 Å². The molecule has 0 aliphatic carbocycles. The SMILES string of the molecule is O=C(NCc1ccncc1)/C(=C\c1cn(-c2ccccc2)nc1-c1ccc(Br)cc1)S(=O)(=O)c1ccccc1. The van der Waals surface area contributed by atoms with Gasteiger partial charge < -0.3 is 5.32 Å². The minimum atomic E-state index is -4.17. The van der Waals surface area contributed by atoms with E-state index < -0.39 is 15.7 Å². The van der Waals surface area contributed by atoms with Crippen molar-refractivity contribution in [2.45, 2.75) is 11.4 Å². The first-order chi connectivity index (χ1) is 18.9. The first-order valence-electron chi connectivity index (χ1n) is 12.0. The molecule has 0 saturated carbocycles. The lowest BCUT2D eigenvalue weighted by Crippen LogP contribution is -2.28. The van der Waals surface area contributed by atoms with Crippen LogP contribution < -0.4 is 5.32 Å². The van der Waals surface area contributed by atoms with Crippen LogP contribution >= 0.6 is 15.9 Å². The zero-order valence-electron chi connectivity index (χ0n) is 20.6. The lowest BCUT2D eigenvalue weighted by Gasteiger charge is -2.11. The van der Waals surface area contributed by atoms with Crippen LogP contribution in [0, 0.1) is 0 Å². The van der Waals surface area contributed by atoms with Gasteiger partial charge in [-0.25, -0.2) is 13.1 Å². The second kappa shape index (κ2) is 11.6. The number of amides is 1. The molecule has 5 aromatic rings. The van der Waals surface area contributed by atoms with Gasteiger partial charge in [0, 0.05) is 40.7 Å². The van der Waals surface area contributed by atoms with Gasteiger partial charge in [-0.05, 0) is 60.2 Å². The van der Waals surface area contributed by atoms with Gasteiger partial charge >= 0.3 is 0 Å². The predicted molar refractivity (Wildman–Crippen MR) is 154 cm³/mol. The normalized spacial score (nSPS) is 11.8. The van der Waals surface area contributed by atoms with Crippen LogP contribution in [-0.4, -0.2) is 29.1 Å². The Balaban J connectivity index is 1.64. The molecule has 1 N–H and O–H groups in total. The molecule has 0 radical (unpaired) electrons. The summed E-state index contributed by atoms with van der Waals surface area (Å²) in [5.41, 5.74) is 3.38. The molecule has 0 atom stereocenters. The number of hydrogen-bond donors (Lipinski definition) is 1. The van der Waals surface area contributed by atoms with E-state index in [1.807, 2.05) is 54.6 Å². The lowest BCUT2D eigenvalue weighted by molar-refractivity contribution is -0.116. The largest absolute Gasteiger partial charge is 0.347 e. The van der Waals surface area contributed by atoms with E-state index in [0.717, 1.165) is 21.3 Å². The highest BCUT2D eigenvalue weighted by Crippen LogP contribution is 2.29. The Morgan fingerprint density at radius 2 is 1.51 bits per heavy atom. The predicted octanol–water partition coefficient (Wildman–Crippen LogP) is 5.83. The average Bonchev–Trinajstić information content (AvgIpc) is 3.40. The van der Waals surface area contributed by atoms with Crippen molar-refractivity contribution in [3.05, 3.63) is 136 Å². The van der Waals surface area contributed by atoms with Gasteiger partial charge in [0.25, 0.3) is 5.91 Å². The summed E-state index contributed by atoms with van der Waals surface area (Å²) in [7, 11) is -4.17. The molecule has 3 aromatic carbocycles. The third-order valence-electron chi connectivity index (χ3n) is 5.94. The molecular weight excluding hydrogens is 576 g/mol. The van der Waals surface area contributed by atoms with Crippen molar-refractivity contribution < 1.29 is 13.2 Å². The first kappa shape index (κ1) is 26.3. The Labute approximate surface area is 234 Å². The Morgan fingerprint density at radius 3 is 2.18 bits per heavy atom. The van der Waals surface area contributed by atoms with E-state index in [9.17, 15) is 13.2 Å². The van der Waals surface area contributed by atoms with Gasteiger partial charge in [-0.3, -0.25) is 9.78 Å². The standard InChI is InChI=1S/C30H23BrN4O3S/c31-25-13-11-23(12-14-25)29-24(21-35(34-29)26-7-3-1-4-8-26)19-28(39(37,38)27-9-5-2-6-10-27)30(36)33-20-22-15-17-32-18-16-22/h1-19,21H,20H2,(H,33,36)/b28-19+. The summed E-state index contributed by atoms with van der Waals surface area (Å²) >= 11 is 3.45. The molecule has 194 valence electrons. The lowest BCUT2D eigenvalue weighted by atomic mass is 10.1. The number of para-hydroxylation sites is 1. The molecule has 0 aliphatic heterocycles. The van der Waals surface area contributed by atoms with E-state index in [-0.39, 0.29) is 16.3 Å². The number of nitrogens with one attached hydrogen (secondary N) is 1. The Bertz CT molecular complexity index is 1720. The fourth-order valence-corrected chi connectivity index (χ4v) is 5.57. The number of benzene rings is 3. The maximum atomic E-state index is 13.8. The van der Waals surface area contributed by atoms with Crippen molar-refractivity contribution in [2.24, 2.45) is 0 Å². The highest BCUT2D eigenvalue weighted by Gasteiger charge is 2.28. The van der Waals surface area contributed by atoms with Crippen LogP contribution in [0.1, 0.15) is 11.1 Å². The van der Waals surface area contributed by atoms with Gasteiger partial charge in [0.1, 0.15) is 4.91 Å². The summed E-state index contributed by atoms with van der Waals surface area (Å²) in [5.74, 6) is -0.718. The number of nitrogens with zero attached hydrogens (tertiary/aromatic N) is 3. The summed E-state index contributed by atoms with van der Waals surface area (Å²) in [6, 6.07) is 28.4. The van der Waals surface area contributed by atoms with Crippen LogP contribution in [0.3, 0.4) is 0 Å². The summed E-state index contributed by atoms with van der Waals surface area (Å²) in [4.78, 5) is 17.1. The highest BCUT2D eigenvalue weighted by atomic mass is 79.9. The zero-order chi connectivity index (χ0) is 27.2. The third-order valence-corrected chi connectivity index (χ3v) is 8.24. The summed E-state index contributed by atoms with van der Waals surface area (Å²) in [6.45, 7) is 0.145. The first-order valence-corrected chi connectivity index (χ1v) is 14.3. The van der Waals surface area contributed by atoms with E-state index in [4.69, 9.17) is 5.10 Å². The molecule has 0 unspecified atom stereocenters. The number of sulfone groups is 1. The third kappa shape index (κ3) is 6.05. The van der Waals surface area contributed by atoms with Crippen LogP contribution in [0.2, 0.25) is 0 Å². The van der Waals surface area contributed by atoms with Crippen LogP contribution in [0.15, 0.2) is 130 Å². The van der Waals surface area contributed by atoms with Crippen LogP contribution in [-0.2, 0) is 21.2 Å². The smallest absolute Gasteiger partial charge is 0.263 e. The van der Waals surface area contributed by atoms with Gasteiger partial charge in [-0.1, -0.05) is 64.5 Å². The summed E-state index contributed by atoms with van der Waals surface area (Å²) in [6.07, 6.45) is 6.35. The minimum absolute atomic E-state index is 0.0240. The van der Waals surface area contributed by atoms with Crippen molar-refractivity contribution in [3.63, 3.8) is 0 Å². The fraction of sp³-hybridized carbons (Fsp3) is 0.0333. The molecule has 39 heavy (non-hydrogen) atoms. The minimum Gasteiger partial charge on any atom is -0.347 e. The number of carbonyl (C=O) groups excluding carboxylic acids is 1. The fourth-order valence-electron chi connectivity index (χ4n) is 3.94. The van der Waals surface area contributed by atoms with Crippen LogP contribution in [0.5, 0.6) is 0 Å². The molecule has 5 rings (SSSR count). The number of carbonyl (C=O) groups is 1. The molecule has 0 aliphatic rings. The molecular formula is C30H23BrN4O3S. The molecule has 0 spiro atoms. The number of aromatic nitrogens is 3. The molecule has 0 bridgehead atoms. The molecule has 0 saturated heterocycles. The van der Waals surface area contributed by atoms with Gasteiger partial charge in [0.05, 0.1) is 16.3 Å². The van der Waals surface area contributed by atoms with E-state index in [1.165, 1.54) is 18.2 Å². The van der Waals surface area contributed by atoms with Crippen LogP contribution in [0.4, 0.5) is 0 Å². The van der Waals surface area contributed by atoms with Gasteiger partial charge in [-0.2, -0.15) is 5.10 Å².